The Labute approximate surface area is 201 Å². The Hall–Kier alpha value is -4.73. The van der Waals surface area contributed by atoms with Gasteiger partial charge in [0.15, 0.2) is 11.9 Å². The van der Waals surface area contributed by atoms with Crippen molar-refractivity contribution in [2.45, 2.75) is 20.0 Å². The molecule has 0 aromatic heterocycles. The minimum Gasteiger partial charge on any atom is -0.494 e. The second-order valence-corrected chi connectivity index (χ2v) is 7.14. The van der Waals surface area contributed by atoms with Crippen LogP contribution in [0.25, 0.3) is 0 Å². The summed E-state index contributed by atoms with van der Waals surface area (Å²) in [4.78, 5) is 35.0. The molecule has 1 amide bonds. The summed E-state index contributed by atoms with van der Waals surface area (Å²) >= 11 is 0. The molecule has 0 aliphatic rings. The molecule has 10 heteroatoms. The molecule has 1 atom stereocenters. The van der Waals surface area contributed by atoms with Gasteiger partial charge in [-0.1, -0.05) is 12.1 Å². The van der Waals surface area contributed by atoms with E-state index in [2.05, 4.69) is 10.5 Å². The number of esters is 1. The zero-order chi connectivity index (χ0) is 25.2. The molecular weight excluding hydrogens is 454 g/mol. The number of carbonyl (C=O) groups is 2. The van der Waals surface area contributed by atoms with Crippen molar-refractivity contribution in [1.82, 2.24) is 5.43 Å². The van der Waals surface area contributed by atoms with Gasteiger partial charge in [0.2, 0.25) is 0 Å². The molecule has 0 radical (unpaired) electrons. The first-order valence-electron chi connectivity index (χ1n) is 10.7. The van der Waals surface area contributed by atoms with Crippen LogP contribution in [0.3, 0.4) is 0 Å². The van der Waals surface area contributed by atoms with Crippen LogP contribution in [0, 0.1) is 10.1 Å². The van der Waals surface area contributed by atoms with E-state index in [1.54, 1.807) is 54.6 Å². The summed E-state index contributed by atoms with van der Waals surface area (Å²) in [6.45, 7) is 3.87. The average molecular weight is 477 g/mol. The van der Waals surface area contributed by atoms with E-state index in [0.717, 1.165) is 0 Å². The van der Waals surface area contributed by atoms with E-state index in [-0.39, 0.29) is 11.4 Å². The highest BCUT2D eigenvalue weighted by molar-refractivity contribution is 5.91. The van der Waals surface area contributed by atoms with E-state index < -0.39 is 22.9 Å². The van der Waals surface area contributed by atoms with Gasteiger partial charge in [-0.2, -0.15) is 5.10 Å². The lowest BCUT2D eigenvalue weighted by atomic mass is 10.2. The average Bonchev–Trinajstić information content (AvgIpc) is 2.85. The van der Waals surface area contributed by atoms with Gasteiger partial charge in [-0.15, -0.1) is 0 Å². The zero-order valence-electron chi connectivity index (χ0n) is 19.0. The van der Waals surface area contributed by atoms with Gasteiger partial charge >= 0.3 is 11.7 Å². The van der Waals surface area contributed by atoms with Crippen LogP contribution in [0.15, 0.2) is 77.9 Å². The predicted octanol–water partition coefficient (Wildman–Crippen LogP) is 4.13. The molecule has 35 heavy (non-hydrogen) atoms. The largest absolute Gasteiger partial charge is 0.494 e. The Morgan fingerprint density at radius 2 is 1.69 bits per heavy atom. The number of benzene rings is 3. The normalized spacial score (nSPS) is 11.5. The monoisotopic (exact) mass is 477 g/mol. The maximum absolute atomic E-state index is 12.3. The van der Waals surface area contributed by atoms with E-state index in [1.807, 2.05) is 6.92 Å². The highest BCUT2D eigenvalue weighted by Crippen LogP contribution is 2.26. The third kappa shape index (κ3) is 7.13. The third-order valence-electron chi connectivity index (χ3n) is 4.61. The first kappa shape index (κ1) is 24.9. The fourth-order valence-corrected chi connectivity index (χ4v) is 2.85. The summed E-state index contributed by atoms with van der Waals surface area (Å²) in [5.41, 5.74) is 3.11. The van der Waals surface area contributed by atoms with Crippen LogP contribution in [0.1, 0.15) is 29.8 Å². The Bertz CT molecular complexity index is 1210. The number of rotatable bonds is 10. The summed E-state index contributed by atoms with van der Waals surface area (Å²) in [7, 11) is 0. The van der Waals surface area contributed by atoms with E-state index in [0.29, 0.717) is 29.2 Å². The fraction of sp³-hybridized carbons (Fsp3) is 0.160. The molecule has 0 bridgehead atoms. The first-order valence-corrected chi connectivity index (χ1v) is 10.7. The summed E-state index contributed by atoms with van der Waals surface area (Å²) in [5.74, 6) is -0.0900. The number of nitro groups is 1. The standard InChI is InChI=1S/C25H23N3O7/c1-3-33-20-14-10-19(11-15-20)25(30)35-21-12-8-18(9-13-21)16-26-27-24(29)17(2)34-23-7-5-4-6-22(23)28(31)32/h4-17H,3H2,1-2H3,(H,27,29)/b26-16-/t17-/m1/s1. The van der Waals surface area contributed by atoms with E-state index >= 15 is 0 Å². The van der Waals surface area contributed by atoms with E-state index in [1.165, 1.54) is 31.3 Å². The lowest BCUT2D eigenvalue weighted by Crippen LogP contribution is -2.33. The Balaban J connectivity index is 1.51. The molecule has 0 spiro atoms. The number of nitrogens with zero attached hydrogens (tertiary/aromatic N) is 2. The van der Waals surface area contributed by atoms with Gasteiger partial charge in [0.1, 0.15) is 11.5 Å². The van der Waals surface area contributed by atoms with Crippen LogP contribution in [-0.4, -0.2) is 35.7 Å². The molecule has 3 aromatic carbocycles. The SMILES string of the molecule is CCOc1ccc(C(=O)Oc2ccc(/C=N\NC(=O)[C@@H](C)Oc3ccccc3[N+](=O)[O-])cc2)cc1. The van der Waals surface area contributed by atoms with Crippen LogP contribution in [0.5, 0.6) is 17.2 Å². The third-order valence-corrected chi connectivity index (χ3v) is 4.61. The van der Waals surface area contributed by atoms with Crippen molar-refractivity contribution in [3.05, 3.63) is 94.0 Å². The zero-order valence-corrected chi connectivity index (χ0v) is 19.0. The van der Waals surface area contributed by atoms with Crippen molar-refractivity contribution in [3.8, 4) is 17.2 Å². The van der Waals surface area contributed by atoms with Crippen LogP contribution in [0.2, 0.25) is 0 Å². The minimum absolute atomic E-state index is 0.0144. The number of nitrogens with one attached hydrogen (secondary N) is 1. The number of hydrazone groups is 1. The van der Waals surface area contributed by atoms with Crippen LogP contribution in [-0.2, 0) is 4.79 Å². The first-order chi connectivity index (χ1) is 16.9. The number of hydrogen-bond donors (Lipinski definition) is 1. The van der Waals surface area contributed by atoms with Gasteiger partial charge in [0.05, 0.1) is 23.3 Å². The minimum atomic E-state index is -1.02. The molecule has 3 aromatic rings. The molecule has 180 valence electrons. The maximum atomic E-state index is 12.3. The van der Waals surface area contributed by atoms with Crippen LogP contribution in [0.4, 0.5) is 5.69 Å². The molecule has 0 unspecified atom stereocenters. The lowest BCUT2D eigenvalue weighted by molar-refractivity contribution is -0.386. The number of nitro benzene ring substituents is 1. The van der Waals surface area contributed by atoms with Gasteiger partial charge in [-0.25, -0.2) is 10.2 Å². The van der Waals surface area contributed by atoms with E-state index in [4.69, 9.17) is 14.2 Å². The molecule has 10 nitrogen and oxygen atoms in total. The molecular formula is C25H23N3O7. The van der Waals surface area contributed by atoms with Gasteiger partial charge in [-0.3, -0.25) is 14.9 Å². The van der Waals surface area contributed by atoms with Gasteiger partial charge in [0, 0.05) is 6.07 Å². The number of para-hydroxylation sites is 2. The Kier molecular flexibility index (Phi) is 8.49. The smallest absolute Gasteiger partial charge is 0.343 e. The molecule has 0 aliphatic heterocycles. The highest BCUT2D eigenvalue weighted by atomic mass is 16.6. The summed E-state index contributed by atoms with van der Waals surface area (Å²) in [6.07, 6.45) is 0.380. The maximum Gasteiger partial charge on any atom is 0.343 e. The summed E-state index contributed by atoms with van der Waals surface area (Å²) in [5, 5.41) is 14.9. The van der Waals surface area contributed by atoms with Crippen molar-refractivity contribution in [2.24, 2.45) is 5.10 Å². The van der Waals surface area contributed by atoms with Gasteiger partial charge < -0.3 is 14.2 Å². The fourth-order valence-electron chi connectivity index (χ4n) is 2.85. The molecule has 1 N–H and O–H groups in total. The van der Waals surface area contributed by atoms with Crippen LogP contribution < -0.4 is 19.6 Å². The lowest BCUT2D eigenvalue weighted by Gasteiger charge is -2.12. The quantitative estimate of drug-likeness (QED) is 0.153. The predicted molar refractivity (Wildman–Crippen MR) is 128 cm³/mol. The molecule has 0 fully saturated rings. The second-order valence-electron chi connectivity index (χ2n) is 7.14. The molecule has 0 saturated heterocycles. The van der Waals surface area contributed by atoms with Crippen molar-refractivity contribution in [2.75, 3.05) is 6.61 Å². The van der Waals surface area contributed by atoms with E-state index in [9.17, 15) is 19.7 Å². The topological polar surface area (TPSA) is 129 Å². The van der Waals surface area contributed by atoms with Gasteiger partial charge in [-0.05, 0) is 74.0 Å². The van der Waals surface area contributed by atoms with Crippen molar-refractivity contribution in [1.29, 1.82) is 0 Å². The Morgan fingerprint density at radius 1 is 1.03 bits per heavy atom. The molecule has 0 saturated carbocycles. The molecule has 0 aliphatic carbocycles. The van der Waals surface area contributed by atoms with Crippen molar-refractivity contribution >= 4 is 23.8 Å². The van der Waals surface area contributed by atoms with Crippen molar-refractivity contribution in [3.63, 3.8) is 0 Å². The summed E-state index contributed by atoms with van der Waals surface area (Å²) < 4.78 is 16.1. The van der Waals surface area contributed by atoms with Crippen LogP contribution >= 0.6 is 0 Å². The number of hydrogen-bond acceptors (Lipinski definition) is 8. The van der Waals surface area contributed by atoms with Gasteiger partial charge in [0.25, 0.3) is 5.91 Å². The number of ether oxygens (including phenoxy) is 3. The molecule has 0 heterocycles. The summed E-state index contributed by atoms with van der Waals surface area (Å²) in [6, 6.07) is 18.9. The number of amides is 1. The number of carbonyl (C=O) groups excluding carboxylic acids is 2. The highest BCUT2D eigenvalue weighted by Gasteiger charge is 2.20. The molecule has 3 rings (SSSR count). The second kappa shape index (κ2) is 11.9. The van der Waals surface area contributed by atoms with Crippen molar-refractivity contribution < 1.29 is 28.7 Å². The Morgan fingerprint density at radius 3 is 2.34 bits per heavy atom.